The summed E-state index contributed by atoms with van der Waals surface area (Å²) in [6, 6.07) is 0.600. The normalized spacial score (nSPS) is 28.3. The molecule has 0 radical (unpaired) electrons. The first kappa shape index (κ1) is 14.3. The molecular formula is C14H25N3O2. The van der Waals surface area contributed by atoms with Crippen molar-refractivity contribution in [2.24, 2.45) is 5.92 Å². The number of hydrogen-bond acceptors (Lipinski definition) is 3. The van der Waals surface area contributed by atoms with Gasteiger partial charge in [-0.05, 0) is 31.7 Å². The quantitative estimate of drug-likeness (QED) is 0.736. The Morgan fingerprint density at radius 2 is 2.00 bits per heavy atom. The maximum atomic E-state index is 11.9. The molecule has 1 aliphatic carbocycles. The van der Waals surface area contributed by atoms with E-state index in [9.17, 15) is 9.59 Å². The highest BCUT2D eigenvalue weighted by atomic mass is 16.2. The summed E-state index contributed by atoms with van der Waals surface area (Å²) in [6.45, 7) is 5.21. The molecule has 0 aromatic heterocycles. The van der Waals surface area contributed by atoms with Gasteiger partial charge in [0.15, 0.2) is 0 Å². The third kappa shape index (κ3) is 3.26. The second kappa shape index (κ2) is 6.37. The van der Waals surface area contributed by atoms with Crippen LogP contribution in [0.1, 0.15) is 32.6 Å². The Kier molecular flexibility index (Phi) is 4.80. The summed E-state index contributed by atoms with van der Waals surface area (Å²) in [4.78, 5) is 26.7. The number of likely N-dealkylation sites (N-methyl/N-ethyl adjacent to an activating group) is 1. The van der Waals surface area contributed by atoms with Gasteiger partial charge in [-0.3, -0.25) is 9.59 Å². The van der Waals surface area contributed by atoms with E-state index < -0.39 is 0 Å². The van der Waals surface area contributed by atoms with Crippen molar-refractivity contribution >= 4 is 11.8 Å². The summed E-state index contributed by atoms with van der Waals surface area (Å²) in [5.41, 5.74) is 0. The average molecular weight is 267 g/mol. The van der Waals surface area contributed by atoms with Gasteiger partial charge in [0, 0.05) is 32.7 Å². The van der Waals surface area contributed by atoms with Crippen molar-refractivity contribution in [3.63, 3.8) is 0 Å². The fourth-order valence-corrected chi connectivity index (χ4v) is 3.22. The van der Waals surface area contributed by atoms with Crippen LogP contribution in [-0.2, 0) is 9.59 Å². The Balaban J connectivity index is 1.82. The molecule has 2 fully saturated rings. The van der Waals surface area contributed by atoms with Crippen molar-refractivity contribution in [3.05, 3.63) is 0 Å². The van der Waals surface area contributed by atoms with Crippen molar-refractivity contribution in [2.75, 3.05) is 33.2 Å². The molecule has 1 N–H and O–H groups in total. The van der Waals surface area contributed by atoms with Gasteiger partial charge >= 0.3 is 11.8 Å². The van der Waals surface area contributed by atoms with Crippen molar-refractivity contribution in [1.82, 2.24) is 15.1 Å². The Morgan fingerprint density at radius 3 is 2.74 bits per heavy atom. The molecule has 2 rings (SSSR count). The second-order valence-corrected chi connectivity index (χ2v) is 5.66. The molecule has 5 heteroatoms. The summed E-state index contributed by atoms with van der Waals surface area (Å²) in [5.74, 6) is -0.0323. The van der Waals surface area contributed by atoms with Crippen LogP contribution in [0.4, 0.5) is 0 Å². The van der Waals surface area contributed by atoms with E-state index in [-0.39, 0.29) is 11.8 Å². The number of nitrogens with zero attached hydrogens (tertiary/aromatic N) is 2. The van der Waals surface area contributed by atoms with E-state index in [1.165, 1.54) is 24.2 Å². The zero-order valence-corrected chi connectivity index (χ0v) is 12.0. The van der Waals surface area contributed by atoms with Gasteiger partial charge in [-0.15, -0.1) is 0 Å². The molecule has 1 saturated heterocycles. The molecule has 0 aromatic rings. The molecule has 19 heavy (non-hydrogen) atoms. The smallest absolute Gasteiger partial charge is 0.312 e. The molecule has 2 aliphatic rings. The third-order valence-electron chi connectivity index (χ3n) is 4.42. The molecule has 0 bridgehead atoms. The lowest BCUT2D eigenvalue weighted by Crippen LogP contribution is -2.53. The van der Waals surface area contributed by atoms with Crippen molar-refractivity contribution in [1.29, 1.82) is 0 Å². The van der Waals surface area contributed by atoms with Crippen LogP contribution < -0.4 is 5.32 Å². The minimum atomic E-state index is -0.360. The number of amides is 2. The van der Waals surface area contributed by atoms with E-state index in [2.05, 4.69) is 12.2 Å². The van der Waals surface area contributed by atoms with Gasteiger partial charge in [0.25, 0.3) is 0 Å². The van der Waals surface area contributed by atoms with Crippen LogP contribution >= 0.6 is 0 Å². The summed E-state index contributed by atoms with van der Waals surface area (Å²) in [5, 5.41) is 3.53. The minimum absolute atomic E-state index is 0.327. The fourth-order valence-electron chi connectivity index (χ4n) is 3.22. The first-order chi connectivity index (χ1) is 9.13. The van der Waals surface area contributed by atoms with Gasteiger partial charge in [-0.25, -0.2) is 0 Å². The number of rotatable bonds is 5. The van der Waals surface area contributed by atoms with Gasteiger partial charge in [-0.1, -0.05) is 13.3 Å². The van der Waals surface area contributed by atoms with Gasteiger partial charge in [0.2, 0.25) is 0 Å². The van der Waals surface area contributed by atoms with E-state index in [0.29, 0.717) is 25.0 Å². The molecule has 2 amide bonds. The third-order valence-corrected chi connectivity index (χ3v) is 4.42. The predicted octanol–water partition coefficient (Wildman–Crippen LogP) is 0.455. The van der Waals surface area contributed by atoms with Gasteiger partial charge < -0.3 is 15.1 Å². The van der Waals surface area contributed by atoms with Crippen LogP contribution in [0, 0.1) is 5.92 Å². The van der Waals surface area contributed by atoms with Gasteiger partial charge in [0.1, 0.15) is 0 Å². The second-order valence-electron chi connectivity index (χ2n) is 5.66. The Bertz CT molecular complexity index is 346. The topological polar surface area (TPSA) is 52.6 Å². The lowest BCUT2D eigenvalue weighted by Gasteiger charge is -2.32. The summed E-state index contributed by atoms with van der Waals surface area (Å²) in [7, 11) is 1.69. The highest BCUT2D eigenvalue weighted by Gasteiger charge is 2.32. The maximum absolute atomic E-state index is 11.9. The van der Waals surface area contributed by atoms with E-state index in [0.717, 1.165) is 19.5 Å². The first-order valence-electron chi connectivity index (χ1n) is 7.41. The van der Waals surface area contributed by atoms with E-state index in [1.54, 1.807) is 11.9 Å². The van der Waals surface area contributed by atoms with Crippen LogP contribution in [-0.4, -0.2) is 60.9 Å². The highest BCUT2D eigenvalue weighted by molar-refractivity contribution is 6.35. The van der Waals surface area contributed by atoms with Crippen molar-refractivity contribution < 1.29 is 9.59 Å². The maximum Gasteiger partial charge on any atom is 0.312 e. The van der Waals surface area contributed by atoms with Gasteiger partial charge in [-0.2, -0.15) is 0 Å². The minimum Gasteiger partial charge on any atom is -0.336 e. The highest BCUT2D eigenvalue weighted by Crippen LogP contribution is 2.28. The van der Waals surface area contributed by atoms with Crippen molar-refractivity contribution in [2.45, 2.75) is 38.6 Å². The molecule has 2 unspecified atom stereocenters. The molecular weight excluding hydrogens is 242 g/mol. The molecule has 5 nitrogen and oxygen atoms in total. The Labute approximate surface area is 115 Å². The number of piperazine rings is 1. The largest absolute Gasteiger partial charge is 0.336 e. The van der Waals surface area contributed by atoms with Crippen LogP contribution in [0.2, 0.25) is 0 Å². The lowest BCUT2D eigenvalue weighted by molar-refractivity contribution is -0.155. The summed E-state index contributed by atoms with van der Waals surface area (Å²) in [6.07, 6.45) is 4.78. The first-order valence-corrected chi connectivity index (χ1v) is 7.41. The summed E-state index contributed by atoms with van der Waals surface area (Å²) < 4.78 is 0. The van der Waals surface area contributed by atoms with Crippen LogP contribution in [0.15, 0.2) is 0 Å². The van der Waals surface area contributed by atoms with Crippen LogP contribution in [0.5, 0.6) is 0 Å². The van der Waals surface area contributed by atoms with Crippen molar-refractivity contribution in [3.8, 4) is 0 Å². The molecule has 1 aliphatic heterocycles. The Hall–Kier alpha value is -1.10. The molecule has 2 atom stereocenters. The number of nitrogens with one attached hydrogen (secondary N) is 1. The molecule has 108 valence electrons. The molecule has 0 spiro atoms. The monoisotopic (exact) mass is 267 g/mol. The molecule has 0 aromatic carbocycles. The standard InChI is InChI=1S/C14H25N3O2/c1-3-15-12-6-4-5-11(12)7-8-17-10-9-16(2)13(18)14(17)19/h11-12,15H,3-10H2,1-2H3. The SMILES string of the molecule is CCNC1CCCC1CCN1CCN(C)C(=O)C1=O. The summed E-state index contributed by atoms with van der Waals surface area (Å²) >= 11 is 0. The number of hydrogen-bond donors (Lipinski definition) is 1. The van der Waals surface area contributed by atoms with E-state index in [1.807, 2.05) is 0 Å². The fraction of sp³-hybridized carbons (Fsp3) is 0.857. The van der Waals surface area contributed by atoms with E-state index >= 15 is 0 Å². The average Bonchev–Trinajstić information content (AvgIpc) is 2.83. The van der Waals surface area contributed by atoms with Crippen LogP contribution in [0.25, 0.3) is 0 Å². The predicted molar refractivity (Wildman–Crippen MR) is 73.6 cm³/mol. The molecule has 1 saturated carbocycles. The number of carbonyl (C=O) groups excluding carboxylic acids is 2. The number of carbonyl (C=O) groups is 2. The zero-order valence-electron chi connectivity index (χ0n) is 12.0. The van der Waals surface area contributed by atoms with E-state index in [4.69, 9.17) is 0 Å². The van der Waals surface area contributed by atoms with Crippen LogP contribution in [0.3, 0.4) is 0 Å². The zero-order chi connectivity index (χ0) is 13.8. The molecule has 1 heterocycles. The van der Waals surface area contributed by atoms with Gasteiger partial charge in [0.05, 0.1) is 0 Å². The Morgan fingerprint density at radius 1 is 1.21 bits per heavy atom. The lowest BCUT2D eigenvalue weighted by atomic mass is 9.99.